The second kappa shape index (κ2) is 10.3. The predicted octanol–water partition coefficient (Wildman–Crippen LogP) is 5.79. The van der Waals surface area contributed by atoms with Gasteiger partial charge in [0, 0.05) is 17.1 Å². The molecule has 0 radical (unpaired) electrons. The van der Waals surface area contributed by atoms with Gasteiger partial charge >= 0.3 is 0 Å². The van der Waals surface area contributed by atoms with Gasteiger partial charge in [-0.2, -0.15) is 0 Å². The van der Waals surface area contributed by atoms with Crippen LogP contribution < -0.4 is 10.1 Å². The molecule has 5 nitrogen and oxygen atoms in total. The Bertz CT molecular complexity index is 1180. The summed E-state index contributed by atoms with van der Waals surface area (Å²) < 4.78 is 7.98. The minimum absolute atomic E-state index is 0.0972. The molecule has 4 rings (SSSR count). The van der Waals surface area contributed by atoms with Crippen molar-refractivity contribution in [2.45, 2.75) is 32.9 Å². The SMILES string of the molecule is Cc1ccc(C(=O)NCc2nc3ccccc3n2CCCCOc2ccc(Cl)cc2)cc1. The van der Waals surface area contributed by atoms with Gasteiger partial charge < -0.3 is 14.6 Å². The van der Waals surface area contributed by atoms with E-state index >= 15 is 0 Å². The summed E-state index contributed by atoms with van der Waals surface area (Å²) in [6.07, 6.45) is 1.84. The molecular weight excluding hydrogens is 422 g/mol. The molecule has 1 N–H and O–H groups in total. The zero-order chi connectivity index (χ0) is 22.3. The van der Waals surface area contributed by atoms with E-state index in [1.165, 1.54) is 0 Å². The third kappa shape index (κ3) is 5.48. The molecule has 1 amide bonds. The number of ether oxygens (including phenoxy) is 1. The van der Waals surface area contributed by atoms with Crippen molar-refractivity contribution in [3.63, 3.8) is 0 Å². The molecule has 0 spiro atoms. The van der Waals surface area contributed by atoms with Gasteiger partial charge in [0.15, 0.2) is 0 Å². The quantitative estimate of drug-likeness (QED) is 0.330. The molecule has 4 aromatic rings. The van der Waals surface area contributed by atoms with Crippen LogP contribution in [0.5, 0.6) is 5.75 Å². The van der Waals surface area contributed by atoms with E-state index in [4.69, 9.17) is 21.3 Å². The maximum atomic E-state index is 12.5. The number of benzene rings is 3. The van der Waals surface area contributed by atoms with Crippen molar-refractivity contribution >= 4 is 28.5 Å². The number of rotatable bonds is 9. The Morgan fingerprint density at radius 3 is 2.53 bits per heavy atom. The smallest absolute Gasteiger partial charge is 0.251 e. The lowest BCUT2D eigenvalue weighted by molar-refractivity contribution is 0.0949. The molecule has 0 aliphatic rings. The van der Waals surface area contributed by atoms with E-state index < -0.39 is 0 Å². The number of hydrogen-bond acceptors (Lipinski definition) is 3. The predicted molar refractivity (Wildman–Crippen MR) is 128 cm³/mol. The van der Waals surface area contributed by atoms with Gasteiger partial charge in [-0.25, -0.2) is 4.98 Å². The van der Waals surface area contributed by atoms with Crippen molar-refractivity contribution in [2.75, 3.05) is 6.61 Å². The lowest BCUT2D eigenvalue weighted by atomic mass is 10.1. The minimum atomic E-state index is -0.0972. The van der Waals surface area contributed by atoms with E-state index in [9.17, 15) is 4.79 Å². The fourth-order valence-corrected chi connectivity index (χ4v) is 3.69. The molecule has 0 aliphatic heterocycles. The van der Waals surface area contributed by atoms with Crippen molar-refractivity contribution in [1.29, 1.82) is 0 Å². The number of unbranched alkanes of at least 4 members (excludes halogenated alkanes) is 1. The Balaban J connectivity index is 1.37. The van der Waals surface area contributed by atoms with Crippen LogP contribution in [0.15, 0.2) is 72.8 Å². The zero-order valence-electron chi connectivity index (χ0n) is 18.1. The van der Waals surface area contributed by atoms with Crippen molar-refractivity contribution in [2.24, 2.45) is 0 Å². The number of aryl methyl sites for hydroxylation is 2. The lowest BCUT2D eigenvalue weighted by Gasteiger charge is -2.11. The molecule has 3 aromatic carbocycles. The maximum Gasteiger partial charge on any atom is 0.251 e. The molecule has 0 fully saturated rings. The number of carbonyl (C=O) groups is 1. The van der Waals surface area contributed by atoms with Gasteiger partial charge in [0.1, 0.15) is 11.6 Å². The topological polar surface area (TPSA) is 56.2 Å². The first kappa shape index (κ1) is 21.9. The number of fused-ring (bicyclic) bond motifs is 1. The molecule has 164 valence electrons. The minimum Gasteiger partial charge on any atom is -0.494 e. The Morgan fingerprint density at radius 2 is 1.75 bits per heavy atom. The molecule has 0 aliphatic carbocycles. The number of nitrogens with one attached hydrogen (secondary N) is 1. The van der Waals surface area contributed by atoms with Crippen LogP contribution in [-0.2, 0) is 13.1 Å². The van der Waals surface area contributed by atoms with Crippen LogP contribution in [0, 0.1) is 6.92 Å². The highest BCUT2D eigenvalue weighted by Crippen LogP contribution is 2.18. The summed E-state index contributed by atoms with van der Waals surface area (Å²) in [5.41, 5.74) is 3.79. The van der Waals surface area contributed by atoms with Crippen molar-refractivity contribution in [3.8, 4) is 5.75 Å². The summed E-state index contributed by atoms with van der Waals surface area (Å²) in [5.74, 6) is 1.58. The molecule has 32 heavy (non-hydrogen) atoms. The fraction of sp³-hybridized carbons (Fsp3) is 0.231. The molecule has 1 heterocycles. The molecular formula is C26H26ClN3O2. The van der Waals surface area contributed by atoms with E-state index in [0.29, 0.717) is 23.7 Å². The number of imidazole rings is 1. The average molecular weight is 448 g/mol. The van der Waals surface area contributed by atoms with Crippen LogP contribution >= 0.6 is 11.6 Å². The van der Waals surface area contributed by atoms with Crippen LogP contribution in [-0.4, -0.2) is 22.1 Å². The van der Waals surface area contributed by atoms with E-state index in [1.54, 1.807) is 0 Å². The van der Waals surface area contributed by atoms with E-state index in [0.717, 1.165) is 47.6 Å². The first-order valence-electron chi connectivity index (χ1n) is 10.8. The Kier molecular flexibility index (Phi) is 7.07. The van der Waals surface area contributed by atoms with Crippen LogP contribution in [0.4, 0.5) is 0 Å². The summed E-state index contributed by atoms with van der Waals surface area (Å²) in [7, 11) is 0. The van der Waals surface area contributed by atoms with Gasteiger partial charge in [0.05, 0.1) is 24.2 Å². The third-order valence-electron chi connectivity index (χ3n) is 5.31. The van der Waals surface area contributed by atoms with Crippen molar-refractivity contribution < 1.29 is 9.53 Å². The number of carbonyl (C=O) groups excluding carboxylic acids is 1. The highest BCUT2D eigenvalue weighted by atomic mass is 35.5. The van der Waals surface area contributed by atoms with Gasteiger partial charge in [-0.15, -0.1) is 0 Å². The number of hydrogen-bond donors (Lipinski definition) is 1. The summed E-state index contributed by atoms with van der Waals surface area (Å²) in [6, 6.07) is 23.0. The zero-order valence-corrected chi connectivity index (χ0v) is 18.8. The van der Waals surface area contributed by atoms with Gasteiger partial charge in [0.25, 0.3) is 5.91 Å². The molecule has 0 saturated carbocycles. The standard InChI is InChI=1S/C26H26ClN3O2/c1-19-8-10-20(11-9-19)26(31)28-18-25-29-23-6-2-3-7-24(23)30(25)16-4-5-17-32-22-14-12-21(27)13-15-22/h2-3,6-15H,4-5,16-18H2,1H3,(H,28,31). The number of aromatic nitrogens is 2. The molecule has 6 heteroatoms. The van der Waals surface area contributed by atoms with Gasteiger partial charge in [-0.3, -0.25) is 4.79 Å². The molecule has 0 saturated heterocycles. The second-order valence-corrected chi connectivity index (χ2v) is 8.16. The Morgan fingerprint density at radius 1 is 1.00 bits per heavy atom. The van der Waals surface area contributed by atoms with Gasteiger partial charge in [0.2, 0.25) is 0 Å². The highest BCUT2D eigenvalue weighted by molar-refractivity contribution is 6.30. The van der Waals surface area contributed by atoms with E-state index in [1.807, 2.05) is 73.7 Å². The van der Waals surface area contributed by atoms with Crippen LogP contribution in [0.3, 0.4) is 0 Å². The van der Waals surface area contributed by atoms with E-state index in [2.05, 4.69) is 16.0 Å². The number of amides is 1. The van der Waals surface area contributed by atoms with Crippen LogP contribution in [0.2, 0.25) is 5.02 Å². The summed E-state index contributed by atoms with van der Waals surface area (Å²) in [6.45, 7) is 3.82. The first-order valence-corrected chi connectivity index (χ1v) is 11.2. The fourth-order valence-electron chi connectivity index (χ4n) is 3.57. The van der Waals surface area contributed by atoms with Crippen LogP contribution in [0.25, 0.3) is 11.0 Å². The highest BCUT2D eigenvalue weighted by Gasteiger charge is 2.12. The van der Waals surface area contributed by atoms with Gasteiger partial charge in [-0.05, 0) is 68.3 Å². The molecule has 0 unspecified atom stereocenters. The average Bonchev–Trinajstić information content (AvgIpc) is 3.16. The first-order chi connectivity index (χ1) is 15.6. The Labute approximate surface area is 193 Å². The second-order valence-electron chi connectivity index (χ2n) is 7.73. The Hall–Kier alpha value is -3.31. The molecule has 0 bridgehead atoms. The van der Waals surface area contributed by atoms with Gasteiger partial charge in [-0.1, -0.05) is 41.4 Å². The largest absolute Gasteiger partial charge is 0.494 e. The number of para-hydroxylation sites is 2. The normalized spacial score (nSPS) is 10.9. The maximum absolute atomic E-state index is 12.5. The molecule has 1 aromatic heterocycles. The number of nitrogens with zero attached hydrogens (tertiary/aromatic N) is 2. The monoisotopic (exact) mass is 447 g/mol. The molecule has 0 atom stereocenters. The summed E-state index contributed by atoms with van der Waals surface area (Å²) in [5, 5.41) is 3.71. The van der Waals surface area contributed by atoms with E-state index in [-0.39, 0.29) is 5.91 Å². The summed E-state index contributed by atoms with van der Waals surface area (Å²) in [4.78, 5) is 17.3. The van der Waals surface area contributed by atoms with Crippen molar-refractivity contribution in [1.82, 2.24) is 14.9 Å². The summed E-state index contributed by atoms with van der Waals surface area (Å²) >= 11 is 5.91. The lowest BCUT2D eigenvalue weighted by Crippen LogP contribution is -2.24. The number of halogens is 1. The third-order valence-corrected chi connectivity index (χ3v) is 5.56. The van der Waals surface area contributed by atoms with Crippen molar-refractivity contribution in [3.05, 3.63) is 94.8 Å². The van der Waals surface area contributed by atoms with Crippen LogP contribution in [0.1, 0.15) is 34.6 Å².